The maximum atomic E-state index is 12.2. The van der Waals surface area contributed by atoms with Gasteiger partial charge in [0.25, 0.3) is 5.91 Å². The van der Waals surface area contributed by atoms with E-state index in [2.05, 4.69) is 10.5 Å². The summed E-state index contributed by atoms with van der Waals surface area (Å²) < 4.78 is 16.0. The van der Waals surface area contributed by atoms with Gasteiger partial charge in [-0.05, 0) is 61.9 Å². The molecule has 0 heterocycles. The molecule has 2 aromatic carbocycles. The summed E-state index contributed by atoms with van der Waals surface area (Å²) in [6, 6.07) is 12.4. The second kappa shape index (κ2) is 9.32. The SMILES string of the molecule is CCOc1ccc(/C=N/NC(=O)c2ccc(OCC)c(OC)c2)cc1. The Morgan fingerprint density at radius 1 is 1.04 bits per heavy atom. The zero-order chi connectivity index (χ0) is 18.1. The molecule has 6 nitrogen and oxygen atoms in total. The van der Waals surface area contributed by atoms with Crippen molar-refractivity contribution >= 4 is 12.1 Å². The van der Waals surface area contributed by atoms with Crippen LogP contribution < -0.4 is 19.6 Å². The van der Waals surface area contributed by atoms with Crippen LogP contribution in [0.1, 0.15) is 29.8 Å². The summed E-state index contributed by atoms with van der Waals surface area (Å²) in [5.41, 5.74) is 3.78. The summed E-state index contributed by atoms with van der Waals surface area (Å²) in [7, 11) is 1.53. The van der Waals surface area contributed by atoms with E-state index < -0.39 is 0 Å². The fourth-order valence-corrected chi connectivity index (χ4v) is 2.13. The summed E-state index contributed by atoms with van der Waals surface area (Å²) in [4.78, 5) is 12.2. The van der Waals surface area contributed by atoms with Crippen LogP contribution in [-0.2, 0) is 0 Å². The van der Waals surface area contributed by atoms with Crippen molar-refractivity contribution in [2.24, 2.45) is 5.10 Å². The summed E-state index contributed by atoms with van der Waals surface area (Å²) in [6.45, 7) is 4.96. The number of hydrogen-bond donors (Lipinski definition) is 1. The molecule has 0 aromatic heterocycles. The standard InChI is InChI=1S/C19H22N2O4/c1-4-24-16-9-6-14(7-10-16)13-20-21-19(22)15-8-11-17(25-5-2)18(12-15)23-3/h6-13H,4-5H2,1-3H3,(H,21,22)/b20-13+. The summed E-state index contributed by atoms with van der Waals surface area (Å²) >= 11 is 0. The molecule has 25 heavy (non-hydrogen) atoms. The topological polar surface area (TPSA) is 69.2 Å². The quantitative estimate of drug-likeness (QED) is 0.590. The minimum Gasteiger partial charge on any atom is -0.494 e. The minimum atomic E-state index is -0.330. The molecule has 0 radical (unpaired) electrons. The average molecular weight is 342 g/mol. The third-order valence-corrected chi connectivity index (χ3v) is 3.30. The lowest BCUT2D eigenvalue weighted by molar-refractivity contribution is 0.0954. The first-order chi connectivity index (χ1) is 12.2. The number of benzene rings is 2. The molecule has 0 bridgehead atoms. The van der Waals surface area contributed by atoms with Crippen LogP contribution >= 0.6 is 0 Å². The monoisotopic (exact) mass is 342 g/mol. The van der Waals surface area contributed by atoms with Gasteiger partial charge in [0.05, 0.1) is 26.5 Å². The normalized spacial score (nSPS) is 10.5. The van der Waals surface area contributed by atoms with Crippen LogP contribution in [0.25, 0.3) is 0 Å². The van der Waals surface area contributed by atoms with E-state index in [4.69, 9.17) is 14.2 Å². The Kier molecular flexibility index (Phi) is 6.83. The highest BCUT2D eigenvalue weighted by Crippen LogP contribution is 2.27. The first-order valence-electron chi connectivity index (χ1n) is 8.05. The van der Waals surface area contributed by atoms with Gasteiger partial charge in [-0.3, -0.25) is 4.79 Å². The van der Waals surface area contributed by atoms with Crippen molar-refractivity contribution in [1.82, 2.24) is 5.43 Å². The Morgan fingerprint density at radius 2 is 1.76 bits per heavy atom. The molecule has 0 fully saturated rings. The lowest BCUT2D eigenvalue weighted by atomic mass is 10.2. The van der Waals surface area contributed by atoms with Gasteiger partial charge in [0.15, 0.2) is 11.5 Å². The Bertz CT molecular complexity index is 727. The number of rotatable bonds is 8. The highest BCUT2D eigenvalue weighted by Gasteiger charge is 2.10. The molecule has 0 saturated heterocycles. The van der Waals surface area contributed by atoms with Gasteiger partial charge in [0, 0.05) is 5.56 Å². The number of hydrazone groups is 1. The number of methoxy groups -OCH3 is 1. The van der Waals surface area contributed by atoms with Crippen molar-refractivity contribution in [2.75, 3.05) is 20.3 Å². The van der Waals surface area contributed by atoms with E-state index in [9.17, 15) is 4.79 Å². The van der Waals surface area contributed by atoms with Crippen molar-refractivity contribution < 1.29 is 19.0 Å². The molecule has 0 saturated carbocycles. The van der Waals surface area contributed by atoms with Crippen molar-refractivity contribution in [3.63, 3.8) is 0 Å². The maximum Gasteiger partial charge on any atom is 0.271 e. The van der Waals surface area contributed by atoms with Crippen molar-refractivity contribution in [1.29, 1.82) is 0 Å². The molecule has 0 aliphatic rings. The third kappa shape index (κ3) is 5.24. The van der Waals surface area contributed by atoms with Crippen LogP contribution in [0, 0.1) is 0 Å². The van der Waals surface area contributed by atoms with Crippen LogP contribution in [0.3, 0.4) is 0 Å². The van der Waals surface area contributed by atoms with Crippen LogP contribution in [0.5, 0.6) is 17.2 Å². The lowest BCUT2D eigenvalue weighted by Gasteiger charge is -2.10. The van der Waals surface area contributed by atoms with Crippen LogP contribution in [0.4, 0.5) is 0 Å². The fraction of sp³-hybridized carbons (Fsp3) is 0.263. The second-order valence-electron chi connectivity index (χ2n) is 5.00. The molecule has 2 rings (SSSR count). The average Bonchev–Trinajstić information content (AvgIpc) is 2.64. The highest BCUT2D eigenvalue weighted by atomic mass is 16.5. The third-order valence-electron chi connectivity index (χ3n) is 3.30. The van der Waals surface area contributed by atoms with Gasteiger partial charge < -0.3 is 14.2 Å². The van der Waals surface area contributed by atoms with E-state index in [-0.39, 0.29) is 5.91 Å². The molecular weight excluding hydrogens is 320 g/mol. The van der Waals surface area contributed by atoms with Gasteiger partial charge in [-0.2, -0.15) is 5.10 Å². The minimum absolute atomic E-state index is 0.330. The van der Waals surface area contributed by atoms with Gasteiger partial charge in [-0.15, -0.1) is 0 Å². The Hall–Kier alpha value is -3.02. The van der Waals surface area contributed by atoms with Gasteiger partial charge in [0.2, 0.25) is 0 Å². The lowest BCUT2D eigenvalue weighted by Crippen LogP contribution is -2.17. The Labute approximate surface area is 147 Å². The van der Waals surface area contributed by atoms with E-state index in [1.807, 2.05) is 38.1 Å². The second-order valence-corrected chi connectivity index (χ2v) is 5.00. The number of carbonyl (C=O) groups excluding carboxylic acids is 1. The molecule has 0 aliphatic carbocycles. The van der Waals surface area contributed by atoms with E-state index in [1.165, 1.54) is 7.11 Å². The first kappa shape index (κ1) is 18.3. The molecular formula is C19H22N2O4. The molecule has 1 N–H and O–H groups in total. The number of amides is 1. The maximum absolute atomic E-state index is 12.2. The predicted molar refractivity (Wildman–Crippen MR) is 96.8 cm³/mol. The number of nitrogens with one attached hydrogen (secondary N) is 1. The zero-order valence-corrected chi connectivity index (χ0v) is 14.6. The van der Waals surface area contributed by atoms with Crippen LogP contribution in [0.15, 0.2) is 47.6 Å². The van der Waals surface area contributed by atoms with E-state index in [0.717, 1.165) is 11.3 Å². The van der Waals surface area contributed by atoms with E-state index >= 15 is 0 Å². The van der Waals surface area contributed by atoms with E-state index in [0.29, 0.717) is 30.3 Å². The molecule has 0 atom stereocenters. The summed E-state index contributed by atoms with van der Waals surface area (Å²) in [5, 5.41) is 3.97. The molecule has 132 valence electrons. The summed E-state index contributed by atoms with van der Waals surface area (Å²) in [6.07, 6.45) is 1.57. The van der Waals surface area contributed by atoms with Gasteiger partial charge in [0.1, 0.15) is 5.75 Å². The number of carbonyl (C=O) groups is 1. The predicted octanol–water partition coefficient (Wildman–Crippen LogP) is 3.26. The van der Waals surface area contributed by atoms with E-state index in [1.54, 1.807) is 24.4 Å². The van der Waals surface area contributed by atoms with Gasteiger partial charge in [-0.1, -0.05) is 0 Å². The molecule has 0 aliphatic heterocycles. The number of nitrogens with zero attached hydrogens (tertiary/aromatic N) is 1. The molecule has 1 amide bonds. The molecule has 6 heteroatoms. The van der Waals surface area contributed by atoms with Crippen LogP contribution in [-0.4, -0.2) is 32.4 Å². The first-order valence-corrected chi connectivity index (χ1v) is 8.05. The zero-order valence-electron chi connectivity index (χ0n) is 14.6. The Balaban J connectivity index is 1.99. The van der Waals surface area contributed by atoms with Crippen molar-refractivity contribution in [3.05, 3.63) is 53.6 Å². The molecule has 2 aromatic rings. The molecule has 0 unspecified atom stereocenters. The Morgan fingerprint density at radius 3 is 2.40 bits per heavy atom. The summed E-state index contributed by atoms with van der Waals surface area (Å²) in [5.74, 6) is 1.57. The number of ether oxygens (including phenoxy) is 3. The van der Waals surface area contributed by atoms with Gasteiger partial charge >= 0.3 is 0 Å². The molecule has 0 spiro atoms. The smallest absolute Gasteiger partial charge is 0.271 e. The fourth-order valence-electron chi connectivity index (χ4n) is 2.13. The van der Waals surface area contributed by atoms with Crippen LogP contribution in [0.2, 0.25) is 0 Å². The van der Waals surface area contributed by atoms with Crippen molar-refractivity contribution in [3.8, 4) is 17.2 Å². The van der Waals surface area contributed by atoms with Gasteiger partial charge in [-0.25, -0.2) is 5.43 Å². The highest BCUT2D eigenvalue weighted by molar-refractivity contribution is 5.95. The van der Waals surface area contributed by atoms with Crippen molar-refractivity contribution in [2.45, 2.75) is 13.8 Å². The largest absolute Gasteiger partial charge is 0.494 e. The number of hydrogen-bond acceptors (Lipinski definition) is 5.